The predicted octanol–water partition coefficient (Wildman–Crippen LogP) is 4.72. The first-order chi connectivity index (χ1) is 16.0. The van der Waals surface area contributed by atoms with Crippen LogP contribution >= 0.6 is 0 Å². The molecular formula is C26H34N6O. The van der Waals surface area contributed by atoms with Crippen molar-refractivity contribution in [3.63, 3.8) is 0 Å². The largest absolute Gasteiger partial charge is 0.384 e. The summed E-state index contributed by atoms with van der Waals surface area (Å²) in [6, 6.07) is 6.39. The van der Waals surface area contributed by atoms with Crippen LogP contribution < -0.4 is 16.4 Å². The van der Waals surface area contributed by atoms with E-state index in [0.717, 1.165) is 77.9 Å². The van der Waals surface area contributed by atoms with Crippen molar-refractivity contribution in [1.29, 1.82) is 0 Å². The molecule has 5 N–H and O–H groups in total. The van der Waals surface area contributed by atoms with Gasteiger partial charge in [-0.1, -0.05) is 24.6 Å². The van der Waals surface area contributed by atoms with Crippen LogP contribution in [0.3, 0.4) is 0 Å². The normalized spacial score (nSPS) is 19.1. The van der Waals surface area contributed by atoms with Gasteiger partial charge in [0.1, 0.15) is 11.6 Å². The molecule has 0 fully saturated rings. The summed E-state index contributed by atoms with van der Waals surface area (Å²) in [7, 11) is 0. The number of fused-ring (bicyclic) bond motifs is 2. The lowest BCUT2D eigenvalue weighted by Crippen LogP contribution is -2.33. The second-order valence-electron chi connectivity index (χ2n) is 8.99. The molecule has 0 aliphatic carbocycles. The minimum absolute atomic E-state index is 0.114. The van der Waals surface area contributed by atoms with Crippen LogP contribution in [0.25, 0.3) is 17.1 Å². The number of hydrogen-bond donors (Lipinski definition) is 4. The summed E-state index contributed by atoms with van der Waals surface area (Å²) < 4.78 is 0. The van der Waals surface area contributed by atoms with Gasteiger partial charge < -0.3 is 21.4 Å². The van der Waals surface area contributed by atoms with Gasteiger partial charge >= 0.3 is 0 Å². The van der Waals surface area contributed by atoms with E-state index in [1.54, 1.807) is 0 Å². The zero-order valence-electron chi connectivity index (χ0n) is 19.6. The zero-order valence-corrected chi connectivity index (χ0v) is 19.6. The number of nitrogens with one attached hydrogen (secondary N) is 3. The Bertz CT molecular complexity index is 1150. The molecule has 1 amide bonds. The number of rotatable bonds is 2. The van der Waals surface area contributed by atoms with E-state index >= 15 is 0 Å². The minimum Gasteiger partial charge on any atom is -0.384 e. The first kappa shape index (κ1) is 22.8. The summed E-state index contributed by atoms with van der Waals surface area (Å²) in [6.45, 7) is 4.75. The van der Waals surface area contributed by atoms with E-state index < -0.39 is 0 Å². The molecule has 7 heteroatoms. The topological polar surface area (TPSA) is 109 Å². The minimum atomic E-state index is 0.114. The van der Waals surface area contributed by atoms with E-state index in [4.69, 9.17) is 5.73 Å². The Balaban J connectivity index is 1.63. The lowest BCUT2D eigenvalue weighted by molar-refractivity contribution is -0.121. The number of aromatic amines is 1. The summed E-state index contributed by atoms with van der Waals surface area (Å²) in [5.41, 5.74) is 12.6. The number of nitrogens with zero attached hydrogens (tertiary/aromatic N) is 2. The molecule has 0 spiro atoms. The van der Waals surface area contributed by atoms with Crippen molar-refractivity contribution < 1.29 is 4.79 Å². The lowest BCUT2D eigenvalue weighted by atomic mass is 10.00. The Kier molecular flexibility index (Phi) is 7.27. The number of imidazole rings is 1. The standard InChI is InChI=1S/C26H34N6O/c1-17-12-13-28-25-20(8-6-4-3-5-7-9-24(33)30-17)16-29-26(27)21(25)14-19-10-11-22-23(15-19)32-18(2)31-22/h6,8,10-11,15-17,28H,3-5,7,9,12-14H2,1-2H3,(H2,27,29)(H,30,33)(H,31,32)/b8-6+. The fraction of sp³-hybridized carbons (Fsp3) is 0.423. The smallest absolute Gasteiger partial charge is 0.220 e. The van der Waals surface area contributed by atoms with Crippen LogP contribution in [0.5, 0.6) is 0 Å². The van der Waals surface area contributed by atoms with Gasteiger partial charge in [0.15, 0.2) is 0 Å². The van der Waals surface area contributed by atoms with Gasteiger partial charge in [0, 0.05) is 42.8 Å². The van der Waals surface area contributed by atoms with Crippen molar-refractivity contribution in [2.45, 2.75) is 64.8 Å². The van der Waals surface area contributed by atoms with E-state index in [1.165, 1.54) is 0 Å². The highest BCUT2D eigenvalue weighted by molar-refractivity contribution is 5.78. The van der Waals surface area contributed by atoms with Gasteiger partial charge in [-0.3, -0.25) is 4.79 Å². The highest BCUT2D eigenvalue weighted by Crippen LogP contribution is 2.30. The van der Waals surface area contributed by atoms with Gasteiger partial charge in [-0.15, -0.1) is 0 Å². The third-order valence-electron chi connectivity index (χ3n) is 6.15. The highest BCUT2D eigenvalue weighted by atomic mass is 16.1. The number of aromatic nitrogens is 3. The molecule has 0 radical (unpaired) electrons. The summed E-state index contributed by atoms with van der Waals surface area (Å²) in [4.78, 5) is 24.5. The molecule has 1 unspecified atom stereocenters. The van der Waals surface area contributed by atoms with Crippen molar-refractivity contribution in [3.8, 4) is 0 Å². The zero-order chi connectivity index (χ0) is 23.2. The number of carbonyl (C=O) groups is 1. The number of nitrogens with two attached hydrogens (primary N) is 1. The van der Waals surface area contributed by atoms with Gasteiger partial charge in [-0.2, -0.15) is 0 Å². The maximum absolute atomic E-state index is 12.1. The molecule has 3 aromatic rings. The van der Waals surface area contributed by atoms with Gasteiger partial charge in [-0.05, 0) is 57.2 Å². The summed E-state index contributed by atoms with van der Waals surface area (Å²) in [6.07, 6.45) is 12.3. The van der Waals surface area contributed by atoms with E-state index in [-0.39, 0.29) is 11.9 Å². The number of carbonyl (C=O) groups excluding carboxylic acids is 1. The monoisotopic (exact) mass is 446 g/mol. The molecule has 1 aromatic carbocycles. The summed E-state index contributed by atoms with van der Waals surface area (Å²) >= 11 is 0. The Morgan fingerprint density at radius 3 is 2.97 bits per heavy atom. The Morgan fingerprint density at radius 2 is 2.09 bits per heavy atom. The van der Waals surface area contributed by atoms with Crippen molar-refractivity contribution in [2.75, 3.05) is 17.6 Å². The van der Waals surface area contributed by atoms with Crippen LogP contribution in [0.1, 0.15) is 68.0 Å². The second kappa shape index (κ2) is 10.5. The average molecular weight is 447 g/mol. The number of aryl methyl sites for hydroxylation is 1. The fourth-order valence-electron chi connectivity index (χ4n) is 4.36. The Labute approximate surface area is 195 Å². The van der Waals surface area contributed by atoms with E-state index in [1.807, 2.05) is 19.2 Å². The molecule has 0 bridgehead atoms. The first-order valence-electron chi connectivity index (χ1n) is 11.9. The van der Waals surface area contributed by atoms with E-state index in [2.05, 4.69) is 56.8 Å². The molecule has 7 nitrogen and oxygen atoms in total. The Morgan fingerprint density at radius 1 is 1.21 bits per heavy atom. The van der Waals surface area contributed by atoms with E-state index in [9.17, 15) is 4.79 Å². The molecule has 33 heavy (non-hydrogen) atoms. The van der Waals surface area contributed by atoms with Crippen LogP contribution in [0.15, 0.2) is 30.5 Å². The van der Waals surface area contributed by atoms with Gasteiger partial charge in [0.25, 0.3) is 0 Å². The first-order valence-corrected chi connectivity index (χ1v) is 11.9. The number of amides is 1. The Hall–Kier alpha value is -3.35. The molecule has 1 atom stereocenters. The number of nitrogen functional groups attached to an aromatic ring is 1. The maximum Gasteiger partial charge on any atom is 0.220 e. The van der Waals surface area contributed by atoms with Crippen LogP contribution in [0, 0.1) is 6.92 Å². The van der Waals surface area contributed by atoms with Crippen molar-refractivity contribution >= 4 is 34.5 Å². The summed E-state index contributed by atoms with van der Waals surface area (Å²) in [5, 5.41) is 6.72. The van der Waals surface area contributed by atoms with Gasteiger partial charge in [-0.25, -0.2) is 9.97 Å². The molecule has 3 heterocycles. The molecule has 2 aromatic heterocycles. The molecular weight excluding hydrogens is 412 g/mol. The number of H-pyrrole nitrogens is 1. The van der Waals surface area contributed by atoms with Crippen molar-refractivity contribution in [2.24, 2.45) is 0 Å². The number of benzene rings is 1. The molecule has 174 valence electrons. The van der Waals surface area contributed by atoms with Gasteiger partial charge in [0.2, 0.25) is 5.91 Å². The molecule has 0 saturated heterocycles. The number of hydrogen-bond acceptors (Lipinski definition) is 5. The fourth-order valence-corrected chi connectivity index (χ4v) is 4.36. The predicted molar refractivity (Wildman–Crippen MR) is 135 cm³/mol. The third kappa shape index (κ3) is 5.92. The third-order valence-corrected chi connectivity index (χ3v) is 6.15. The van der Waals surface area contributed by atoms with E-state index in [0.29, 0.717) is 18.7 Å². The second-order valence-corrected chi connectivity index (χ2v) is 8.99. The van der Waals surface area contributed by atoms with Crippen molar-refractivity contribution in [3.05, 3.63) is 53.0 Å². The maximum atomic E-state index is 12.1. The SMILES string of the molecule is Cc1nc2ccc(Cc3c(N)ncc4c3NCCC(C)NC(=O)CCCCC/C=C/4)cc2[nH]1. The average Bonchev–Trinajstić information content (AvgIpc) is 3.14. The highest BCUT2D eigenvalue weighted by Gasteiger charge is 2.15. The van der Waals surface area contributed by atoms with Crippen LogP contribution in [0.4, 0.5) is 11.5 Å². The molecule has 4 rings (SSSR count). The lowest BCUT2D eigenvalue weighted by Gasteiger charge is -2.19. The molecule has 1 aliphatic heterocycles. The van der Waals surface area contributed by atoms with Crippen LogP contribution in [-0.4, -0.2) is 33.4 Å². The van der Waals surface area contributed by atoms with Crippen LogP contribution in [-0.2, 0) is 11.2 Å². The number of pyridine rings is 1. The number of anilines is 2. The number of allylic oxidation sites excluding steroid dienone is 1. The quantitative estimate of drug-likeness (QED) is 0.455. The van der Waals surface area contributed by atoms with Crippen molar-refractivity contribution in [1.82, 2.24) is 20.3 Å². The van der Waals surface area contributed by atoms with Gasteiger partial charge in [0.05, 0.1) is 16.7 Å². The molecule has 1 aliphatic rings. The van der Waals surface area contributed by atoms with Crippen LogP contribution in [0.2, 0.25) is 0 Å². The molecule has 0 saturated carbocycles. The summed E-state index contributed by atoms with van der Waals surface area (Å²) in [5.74, 6) is 1.59.